The maximum Gasteiger partial charge on any atom is 1.00 e. The van der Waals surface area contributed by atoms with E-state index in [-0.39, 0.29) is 64.7 Å². The van der Waals surface area contributed by atoms with Crippen LogP contribution >= 0.6 is 0 Å². The van der Waals surface area contributed by atoms with Crippen LogP contribution in [0.15, 0.2) is 192 Å². The molecule has 84 heavy (non-hydrogen) atoms. The SMILES string of the molecule is COC(=O)C[C@H](C)N(Cc1ccccc1)c1ccc(N(CC(=O)OC)S(=O)(=O)c2ccc(OC)cc2)c2ccccc12.COc1ccc(S(=O)(=O)N(CC(=O)O)c2ccc(N(Cc3ccccc3)[C@@H](C)CC(=O)O)c3ccccc23)cc1.[Li+].[OH-]. The third kappa shape index (κ3) is 15.9. The predicted octanol–water partition coefficient (Wildman–Crippen LogP) is 7.00. The van der Waals surface area contributed by atoms with Crippen LogP contribution in [-0.4, -0.2) is 110 Å². The van der Waals surface area contributed by atoms with Crippen LogP contribution in [0.1, 0.15) is 37.8 Å². The van der Waals surface area contributed by atoms with Crippen molar-refractivity contribution >= 4 is 88.2 Å². The number of benzene rings is 8. The summed E-state index contributed by atoms with van der Waals surface area (Å²) in [4.78, 5) is 52.3. The van der Waals surface area contributed by atoms with Gasteiger partial charge in [0, 0.05) is 58.1 Å². The van der Waals surface area contributed by atoms with Gasteiger partial charge in [0.25, 0.3) is 20.0 Å². The van der Waals surface area contributed by atoms with E-state index in [1.165, 1.54) is 64.8 Å². The fourth-order valence-electron chi connectivity index (χ4n) is 9.44. The molecular formula is C62H65LiN4O15S2. The number of hydrogen-bond acceptors (Lipinski definition) is 15. The van der Waals surface area contributed by atoms with Gasteiger partial charge in [0.15, 0.2) is 0 Å². The van der Waals surface area contributed by atoms with E-state index in [0.29, 0.717) is 52.1 Å². The Balaban J connectivity index is 0.000000300. The topological polar surface area (TPSA) is 257 Å². The molecule has 22 heteroatoms. The van der Waals surface area contributed by atoms with Crippen LogP contribution in [0.2, 0.25) is 0 Å². The molecule has 0 amide bonds. The Morgan fingerprint density at radius 1 is 0.429 bits per heavy atom. The fourth-order valence-corrected chi connectivity index (χ4v) is 12.3. The second-order valence-electron chi connectivity index (χ2n) is 18.9. The maximum absolute atomic E-state index is 14.0. The largest absolute Gasteiger partial charge is 1.00 e. The van der Waals surface area contributed by atoms with E-state index >= 15 is 0 Å². The van der Waals surface area contributed by atoms with Crippen LogP contribution in [0, 0.1) is 0 Å². The third-order valence-corrected chi connectivity index (χ3v) is 17.1. The Kier molecular flexibility index (Phi) is 23.7. The first-order valence-electron chi connectivity index (χ1n) is 25.9. The van der Waals surface area contributed by atoms with Gasteiger partial charge in [-0.1, -0.05) is 109 Å². The van der Waals surface area contributed by atoms with Crippen LogP contribution in [0.4, 0.5) is 22.7 Å². The average molecular weight is 1180 g/mol. The molecule has 0 saturated heterocycles. The Hall–Kier alpha value is -8.58. The minimum absolute atomic E-state index is 0. The van der Waals surface area contributed by atoms with E-state index in [9.17, 15) is 46.2 Å². The molecule has 8 rings (SSSR count). The first-order chi connectivity index (χ1) is 39.3. The number of methoxy groups -OCH3 is 4. The molecule has 0 unspecified atom stereocenters. The number of nitrogens with zero attached hydrogens (tertiary/aromatic N) is 4. The normalized spacial score (nSPS) is 11.7. The zero-order valence-corrected chi connectivity index (χ0v) is 49.2. The molecule has 0 aliphatic carbocycles. The standard InChI is InChI=1S/C32H34N2O7S.C30H30N2O7S.Li.H2O/c1-23(20-31(35)40-3)33(21-24-10-6-5-7-11-24)29-18-19-30(28-13-9-8-12-27(28)29)34(22-32(36)41-4)42(37,38)26-16-14-25(39-2)15-17-26;1-21(18-29(33)34)31(19-22-8-4-3-5-9-22)27-16-17-28(26-11-7-6-10-25(26)27)32(20-30(35)36)40(37,38)24-14-12-23(39-2)13-15-24;;/h5-19,23H,20-22H2,1-4H3;3-17,21H,18-20H2,1-2H3,(H,33,34)(H,35,36);;1H2/q;;+1;/p-1/t23-;21-;;/m00../s1. The molecule has 436 valence electrons. The van der Waals surface area contributed by atoms with Gasteiger partial charge in [-0.05, 0) is 97.8 Å². The summed E-state index contributed by atoms with van der Waals surface area (Å²) in [5.41, 5.74) is 4.03. The van der Waals surface area contributed by atoms with E-state index in [2.05, 4.69) is 4.90 Å². The van der Waals surface area contributed by atoms with Crippen molar-refractivity contribution in [1.82, 2.24) is 0 Å². The zero-order valence-electron chi connectivity index (χ0n) is 47.6. The van der Waals surface area contributed by atoms with Crippen molar-refractivity contribution in [2.75, 3.05) is 59.9 Å². The molecule has 2 atom stereocenters. The Morgan fingerprint density at radius 3 is 1.11 bits per heavy atom. The number of esters is 2. The summed E-state index contributed by atoms with van der Waals surface area (Å²) >= 11 is 0. The second kappa shape index (κ2) is 30.1. The van der Waals surface area contributed by atoms with Crippen molar-refractivity contribution in [3.05, 3.63) is 193 Å². The summed E-state index contributed by atoms with van der Waals surface area (Å²) in [6.45, 7) is 3.37. The van der Waals surface area contributed by atoms with Crippen molar-refractivity contribution in [3.8, 4) is 11.5 Å². The molecule has 0 heterocycles. The first kappa shape index (κ1) is 66.2. The van der Waals surface area contributed by atoms with E-state index in [1.807, 2.05) is 116 Å². The Bertz CT molecular complexity index is 3750. The molecule has 8 aromatic carbocycles. The van der Waals surface area contributed by atoms with Gasteiger partial charge in [0.05, 0.1) is 62.4 Å². The minimum Gasteiger partial charge on any atom is -0.870 e. The summed E-state index contributed by atoms with van der Waals surface area (Å²) in [6.07, 6.45) is 0.0413. The summed E-state index contributed by atoms with van der Waals surface area (Å²) in [6, 6.07) is 51.8. The van der Waals surface area contributed by atoms with Crippen LogP contribution in [0.3, 0.4) is 0 Å². The van der Waals surface area contributed by atoms with Crippen molar-refractivity contribution in [3.63, 3.8) is 0 Å². The molecule has 0 fully saturated rings. The number of anilines is 4. The van der Waals surface area contributed by atoms with Crippen molar-refractivity contribution in [1.29, 1.82) is 0 Å². The molecule has 0 aromatic heterocycles. The van der Waals surface area contributed by atoms with Gasteiger partial charge in [0.2, 0.25) is 0 Å². The number of carboxylic acid groups (broad SMARTS) is 2. The van der Waals surface area contributed by atoms with Crippen LogP contribution in [0.5, 0.6) is 11.5 Å². The number of carbonyl (C=O) groups excluding carboxylic acids is 2. The summed E-state index contributed by atoms with van der Waals surface area (Å²) in [5, 5.41) is 21.7. The molecule has 0 radical (unpaired) electrons. The summed E-state index contributed by atoms with van der Waals surface area (Å²) < 4.78 is 77.5. The number of carboxylic acids is 2. The smallest absolute Gasteiger partial charge is 0.870 e. The Morgan fingerprint density at radius 2 is 0.762 bits per heavy atom. The number of rotatable bonds is 24. The number of hydrogen-bond donors (Lipinski definition) is 2. The average Bonchev–Trinajstić information content (AvgIpc) is 2.62. The third-order valence-electron chi connectivity index (χ3n) is 13.6. The van der Waals surface area contributed by atoms with Gasteiger partial charge in [-0.25, -0.2) is 16.8 Å². The van der Waals surface area contributed by atoms with Crippen molar-refractivity contribution in [2.24, 2.45) is 0 Å². The number of ether oxygens (including phenoxy) is 4. The van der Waals surface area contributed by atoms with Crippen molar-refractivity contribution < 1.29 is 89.5 Å². The fraction of sp³-hybridized carbons (Fsp3) is 0.226. The van der Waals surface area contributed by atoms with E-state index < -0.39 is 57.1 Å². The van der Waals surface area contributed by atoms with Gasteiger partial charge >= 0.3 is 42.7 Å². The minimum atomic E-state index is -4.27. The van der Waals surface area contributed by atoms with Crippen LogP contribution < -0.4 is 46.7 Å². The zero-order chi connectivity index (χ0) is 59.1. The van der Waals surface area contributed by atoms with Crippen LogP contribution in [-0.2, 0) is 61.8 Å². The van der Waals surface area contributed by atoms with E-state index in [1.54, 1.807) is 48.5 Å². The molecule has 8 aromatic rings. The van der Waals surface area contributed by atoms with Gasteiger partial charge in [-0.3, -0.25) is 27.8 Å². The first-order valence-corrected chi connectivity index (χ1v) is 28.7. The molecule has 0 spiro atoms. The number of fused-ring (bicyclic) bond motifs is 2. The quantitative estimate of drug-likeness (QED) is 0.0456. The molecule has 0 aliphatic heterocycles. The number of aliphatic carboxylic acids is 2. The van der Waals surface area contributed by atoms with Gasteiger partial charge in [-0.2, -0.15) is 0 Å². The van der Waals surface area contributed by atoms with Gasteiger partial charge in [0.1, 0.15) is 24.6 Å². The molecule has 0 bridgehead atoms. The molecule has 3 N–H and O–H groups in total. The molecule has 0 saturated carbocycles. The Labute approximate surface area is 501 Å². The number of carbonyl (C=O) groups is 4. The summed E-state index contributed by atoms with van der Waals surface area (Å²) in [5.74, 6) is -2.33. The second-order valence-corrected chi connectivity index (χ2v) is 22.7. The van der Waals surface area contributed by atoms with Gasteiger partial charge in [-0.15, -0.1) is 0 Å². The monoisotopic (exact) mass is 1180 g/mol. The van der Waals surface area contributed by atoms with Crippen molar-refractivity contribution in [2.45, 2.75) is 61.7 Å². The molecule has 0 aliphatic rings. The number of sulfonamides is 2. The van der Waals surface area contributed by atoms with E-state index in [4.69, 9.17) is 18.9 Å². The maximum atomic E-state index is 14.0. The van der Waals surface area contributed by atoms with E-state index in [0.717, 1.165) is 30.8 Å². The molecule has 19 nitrogen and oxygen atoms in total. The molecular weight excluding hydrogens is 1110 g/mol. The van der Waals surface area contributed by atoms with Gasteiger partial charge < -0.3 is 44.4 Å². The predicted molar refractivity (Wildman–Crippen MR) is 318 cm³/mol. The summed E-state index contributed by atoms with van der Waals surface area (Å²) in [7, 11) is -2.93. The van der Waals surface area contributed by atoms with Crippen LogP contribution in [0.25, 0.3) is 21.5 Å².